The lowest BCUT2D eigenvalue weighted by Gasteiger charge is -2.30. The highest BCUT2D eigenvalue weighted by molar-refractivity contribution is 7.99. The number of ether oxygens (including phenoxy) is 1. The van der Waals surface area contributed by atoms with E-state index in [0.717, 1.165) is 37.5 Å². The fourth-order valence-electron chi connectivity index (χ4n) is 2.92. The molecule has 0 bridgehead atoms. The SMILES string of the molecule is CC(C)(C)OC(=O)N[C@H]1CC[C@H](CSc2cccc(C(F)(F)F)c2)CC1. The molecule has 0 saturated heterocycles. The van der Waals surface area contributed by atoms with Gasteiger partial charge in [0.2, 0.25) is 0 Å². The number of alkyl halides is 3. The van der Waals surface area contributed by atoms with E-state index in [2.05, 4.69) is 5.32 Å². The van der Waals surface area contributed by atoms with E-state index < -0.39 is 17.3 Å². The van der Waals surface area contributed by atoms with Gasteiger partial charge in [0.25, 0.3) is 0 Å². The number of carbonyl (C=O) groups is 1. The van der Waals surface area contributed by atoms with Crippen LogP contribution in [0.15, 0.2) is 29.2 Å². The van der Waals surface area contributed by atoms with Crippen molar-refractivity contribution in [2.24, 2.45) is 5.92 Å². The summed E-state index contributed by atoms with van der Waals surface area (Å²) in [6.45, 7) is 5.48. The molecule has 3 nitrogen and oxygen atoms in total. The third-order valence-electron chi connectivity index (χ3n) is 4.21. The first-order valence-electron chi connectivity index (χ1n) is 8.82. The third-order valence-corrected chi connectivity index (χ3v) is 5.44. The summed E-state index contributed by atoms with van der Waals surface area (Å²) in [5, 5.41) is 2.90. The topological polar surface area (TPSA) is 38.3 Å². The van der Waals surface area contributed by atoms with Gasteiger partial charge in [-0.2, -0.15) is 13.2 Å². The Bertz CT molecular complexity index is 606. The molecule has 1 aliphatic rings. The molecule has 1 aromatic rings. The molecular formula is C19H26F3NO2S. The van der Waals surface area contributed by atoms with E-state index >= 15 is 0 Å². The van der Waals surface area contributed by atoms with Gasteiger partial charge in [-0.25, -0.2) is 4.79 Å². The number of rotatable bonds is 4. The van der Waals surface area contributed by atoms with Gasteiger partial charge >= 0.3 is 12.3 Å². The molecule has 0 unspecified atom stereocenters. The number of benzene rings is 1. The van der Waals surface area contributed by atoms with Crippen molar-refractivity contribution in [1.82, 2.24) is 5.32 Å². The molecular weight excluding hydrogens is 363 g/mol. The standard InChI is InChI=1S/C19H26F3NO2S/c1-18(2,3)25-17(24)23-15-9-7-13(8-10-15)12-26-16-6-4-5-14(11-16)19(20,21)22/h4-6,11,13,15H,7-10,12H2,1-3H3,(H,23,24)/t13-,15-. The summed E-state index contributed by atoms with van der Waals surface area (Å²) in [5.41, 5.74) is -1.11. The number of hydrogen-bond acceptors (Lipinski definition) is 3. The van der Waals surface area contributed by atoms with E-state index in [4.69, 9.17) is 4.74 Å². The van der Waals surface area contributed by atoms with Crippen molar-refractivity contribution in [2.75, 3.05) is 5.75 Å². The molecule has 0 aromatic heterocycles. The van der Waals surface area contributed by atoms with Gasteiger partial charge in [0, 0.05) is 16.7 Å². The highest BCUT2D eigenvalue weighted by Gasteiger charge is 2.30. The predicted molar refractivity (Wildman–Crippen MR) is 97.3 cm³/mol. The number of carbonyl (C=O) groups excluding carboxylic acids is 1. The van der Waals surface area contributed by atoms with Crippen LogP contribution in [0.25, 0.3) is 0 Å². The van der Waals surface area contributed by atoms with Gasteiger partial charge in [0.15, 0.2) is 0 Å². The summed E-state index contributed by atoms with van der Waals surface area (Å²) in [5.74, 6) is 1.24. The molecule has 0 radical (unpaired) electrons. The van der Waals surface area contributed by atoms with Crippen molar-refractivity contribution in [2.45, 2.75) is 69.2 Å². The Morgan fingerprint density at radius 2 is 1.85 bits per heavy atom. The fourth-order valence-corrected chi connectivity index (χ4v) is 4.07. The van der Waals surface area contributed by atoms with Crippen LogP contribution in [0.4, 0.5) is 18.0 Å². The van der Waals surface area contributed by atoms with Gasteiger partial charge in [-0.1, -0.05) is 6.07 Å². The van der Waals surface area contributed by atoms with E-state index in [9.17, 15) is 18.0 Å². The van der Waals surface area contributed by atoms with Crippen LogP contribution in [-0.2, 0) is 10.9 Å². The highest BCUT2D eigenvalue weighted by Crippen LogP contribution is 2.34. The van der Waals surface area contributed by atoms with E-state index in [-0.39, 0.29) is 12.1 Å². The highest BCUT2D eigenvalue weighted by atomic mass is 32.2. The molecule has 0 spiro atoms. The monoisotopic (exact) mass is 389 g/mol. The first-order valence-corrected chi connectivity index (χ1v) is 9.81. The van der Waals surface area contributed by atoms with Gasteiger partial charge in [-0.15, -0.1) is 11.8 Å². The molecule has 2 rings (SSSR count). The summed E-state index contributed by atoms with van der Waals surface area (Å²) in [4.78, 5) is 12.4. The van der Waals surface area contributed by atoms with Crippen LogP contribution in [0.2, 0.25) is 0 Å². The molecule has 0 heterocycles. The molecule has 26 heavy (non-hydrogen) atoms. The summed E-state index contributed by atoms with van der Waals surface area (Å²) in [6, 6.07) is 5.58. The number of amides is 1. The van der Waals surface area contributed by atoms with Crippen molar-refractivity contribution in [3.63, 3.8) is 0 Å². The first-order chi connectivity index (χ1) is 12.0. The van der Waals surface area contributed by atoms with Crippen molar-refractivity contribution in [3.05, 3.63) is 29.8 Å². The Morgan fingerprint density at radius 1 is 1.19 bits per heavy atom. The zero-order valence-corrected chi connectivity index (χ0v) is 16.2. The molecule has 7 heteroatoms. The van der Waals surface area contributed by atoms with E-state index in [1.165, 1.54) is 23.9 Å². The fraction of sp³-hybridized carbons (Fsp3) is 0.632. The Balaban J connectivity index is 1.75. The van der Waals surface area contributed by atoms with Crippen LogP contribution in [0.3, 0.4) is 0 Å². The zero-order valence-electron chi connectivity index (χ0n) is 15.4. The van der Waals surface area contributed by atoms with Crippen molar-refractivity contribution < 1.29 is 22.7 Å². The minimum atomic E-state index is -4.30. The van der Waals surface area contributed by atoms with Crippen LogP contribution >= 0.6 is 11.8 Å². The van der Waals surface area contributed by atoms with Gasteiger partial charge < -0.3 is 10.1 Å². The predicted octanol–water partition coefficient (Wildman–Crippen LogP) is 5.88. The molecule has 1 amide bonds. The smallest absolute Gasteiger partial charge is 0.416 e. The lowest BCUT2D eigenvalue weighted by molar-refractivity contribution is -0.137. The van der Waals surface area contributed by atoms with Gasteiger partial charge in [-0.05, 0) is 70.6 Å². The van der Waals surface area contributed by atoms with Crippen LogP contribution in [0.1, 0.15) is 52.0 Å². The zero-order chi connectivity index (χ0) is 19.4. The summed E-state index contributed by atoms with van der Waals surface area (Å²) in [6.07, 6.45) is -1.06. The Labute approximate surface area is 157 Å². The second kappa shape index (κ2) is 8.55. The summed E-state index contributed by atoms with van der Waals surface area (Å²) in [7, 11) is 0. The van der Waals surface area contributed by atoms with Crippen LogP contribution in [-0.4, -0.2) is 23.5 Å². The number of nitrogens with one attached hydrogen (secondary N) is 1. The maximum atomic E-state index is 12.8. The van der Waals surface area contributed by atoms with Crippen molar-refractivity contribution in [1.29, 1.82) is 0 Å². The van der Waals surface area contributed by atoms with Gasteiger partial charge in [0.05, 0.1) is 5.56 Å². The van der Waals surface area contributed by atoms with E-state index in [1.807, 2.05) is 20.8 Å². The summed E-state index contributed by atoms with van der Waals surface area (Å²) < 4.78 is 43.5. The number of alkyl carbamates (subject to hydrolysis) is 1. The van der Waals surface area contributed by atoms with Crippen LogP contribution < -0.4 is 5.32 Å². The maximum absolute atomic E-state index is 12.8. The second-order valence-corrected chi connectivity index (χ2v) is 8.79. The maximum Gasteiger partial charge on any atom is 0.416 e. The largest absolute Gasteiger partial charge is 0.444 e. The molecule has 1 fully saturated rings. The normalized spacial score (nSPS) is 21.3. The second-order valence-electron chi connectivity index (χ2n) is 7.70. The number of halogens is 3. The third kappa shape index (κ3) is 7.09. The quantitative estimate of drug-likeness (QED) is 0.654. The molecule has 1 saturated carbocycles. The van der Waals surface area contributed by atoms with E-state index in [1.54, 1.807) is 6.07 Å². The molecule has 146 valence electrons. The van der Waals surface area contributed by atoms with Crippen LogP contribution in [0, 0.1) is 5.92 Å². The van der Waals surface area contributed by atoms with Crippen LogP contribution in [0.5, 0.6) is 0 Å². The van der Waals surface area contributed by atoms with Crippen molar-refractivity contribution >= 4 is 17.9 Å². The van der Waals surface area contributed by atoms with Crippen molar-refractivity contribution in [3.8, 4) is 0 Å². The lowest BCUT2D eigenvalue weighted by Crippen LogP contribution is -2.41. The molecule has 1 N–H and O–H groups in total. The lowest BCUT2D eigenvalue weighted by atomic mass is 9.87. The Morgan fingerprint density at radius 3 is 2.42 bits per heavy atom. The molecule has 1 aliphatic carbocycles. The molecule has 0 aliphatic heterocycles. The average molecular weight is 389 g/mol. The average Bonchev–Trinajstić information content (AvgIpc) is 2.52. The number of thioether (sulfide) groups is 1. The minimum Gasteiger partial charge on any atom is -0.444 e. The van der Waals surface area contributed by atoms with Gasteiger partial charge in [-0.3, -0.25) is 0 Å². The van der Waals surface area contributed by atoms with E-state index in [0.29, 0.717) is 10.8 Å². The summed E-state index contributed by atoms with van der Waals surface area (Å²) >= 11 is 1.47. The number of hydrogen-bond donors (Lipinski definition) is 1. The first kappa shape index (κ1) is 20.9. The Hall–Kier alpha value is -1.37. The molecule has 1 aromatic carbocycles. The molecule has 0 atom stereocenters. The Kier molecular flexibility index (Phi) is 6.88. The minimum absolute atomic E-state index is 0.111. The van der Waals surface area contributed by atoms with Gasteiger partial charge in [0.1, 0.15) is 5.60 Å².